The van der Waals surface area contributed by atoms with E-state index in [0.29, 0.717) is 6.10 Å². The minimum absolute atomic E-state index is 0.00229. The maximum atomic E-state index is 11.6. The van der Waals surface area contributed by atoms with Gasteiger partial charge in [0.2, 0.25) is 5.91 Å². The van der Waals surface area contributed by atoms with Gasteiger partial charge in [0, 0.05) is 13.1 Å². The Morgan fingerprint density at radius 3 is 2.83 bits per heavy atom. The Bertz CT molecular complexity index is 313. The summed E-state index contributed by atoms with van der Waals surface area (Å²) in [5.74, 6) is 0.162. The molecule has 3 fully saturated rings. The van der Waals surface area contributed by atoms with Gasteiger partial charge in [0.05, 0.1) is 17.7 Å². The first-order valence-electron chi connectivity index (χ1n) is 7.46. The molecule has 2 unspecified atom stereocenters. The summed E-state index contributed by atoms with van der Waals surface area (Å²) in [5, 5.41) is 6.30. The average molecular weight is 252 g/mol. The molecule has 3 rings (SSSR count). The second-order valence-corrected chi connectivity index (χ2v) is 6.06. The molecule has 0 radical (unpaired) electrons. The first-order valence-corrected chi connectivity index (χ1v) is 7.46. The maximum Gasteiger partial charge on any atom is 0.237 e. The quantitative estimate of drug-likeness (QED) is 0.797. The van der Waals surface area contributed by atoms with Gasteiger partial charge in [-0.15, -0.1) is 0 Å². The molecule has 0 aromatic rings. The molecule has 0 aromatic heterocycles. The zero-order valence-electron chi connectivity index (χ0n) is 11.0. The van der Waals surface area contributed by atoms with Gasteiger partial charge in [0.15, 0.2) is 0 Å². The standard InChI is InChI=1S/C14H24N2O2/c17-13-12(4-3-9-15-13)16-10-11-5-8-14(18-11)6-1-2-7-14/h11-12,16H,1-10H2,(H,15,17). The van der Waals surface area contributed by atoms with E-state index in [0.717, 1.165) is 32.4 Å². The lowest BCUT2D eigenvalue weighted by atomic mass is 9.98. The van der Waals surface area contributed by atoms with Crippen molar-refractivity contribution in [2.45, 2.75) is 69.1 Å². The van der Waals surface area contributed by atoms with Crippen LogP contribution in [-0.2, 0) is 9.53 Å². The number of nitrogens with one attached hydrogen (secondary N) is 2. The summed E-state index contributed by atoms with van der Waals surface area (Å²) < 4.78 is 6.24. The molecule has 1 spiro atoms. The fraction of sp³-hybridized carbons (Fsp3) is 0.929. The minimum Gasteiger partial charge on any atom is -0.370 e. The predicted molar refractivity (Wildman–Crippen MR) is 69.3 cm³/mol. The van der Waals surface area contributed by atoms with Gasteiger partial charge in [-0.25, -0.2) is 0 Å². The average Bonchev–Trinajstić information content (AvgIpc) is 3.00. The molecule has 1 amide bonds. The van der Waals surface area contributed by atoms with E-state index >= 15 is 0 Å². The van der Waals surface area contributed by atoms with E-state index in [-0.39, 0.29) is 17.6 Å². The topological polar surface area (TPSA) is 50.4 Å². The van der Waals surface area contributed by atoms with Crippen molar-refractivity contribution in [2.75, 3.05) is 13.1 Å². The summed E-state index contributed by atoms with van der Waals surface area (Å²) in [4.78, 5) is 11.6. The van der Waals surface area contributed by atoms with E-state index in [1.54, 1.807) is 0 Å². The third kappa shape index (κ3) is 2.54. The van der Waals surface area contributed by atoms with Gasteiger partial charge in [-0.3, -0.25) is 4.79 Å². The van der Waals surface area contributed by atoms with Crippen molar-refractivity contribution in [1.82, 2.24) is 10.6 Å². The molecule has 2 saturated heterocycles. The van der Waals surface area contributed by atoms with Crippen molar-refractivity contribution in [3.05, 3.63) is 0 Å². The summed E-state index contributed by atoms with van der Waals surface area (Å²) in [7, 11) is 0. The van der Waals surface area contributed by atoms with Crippen LogP contribution in [0.5, 0.6) is 0 Å². The number of rotatable bonds is 3. The normalized spacial score (nSPS) is 35.0. The van der Waals surface area contributed by atoms with Crippen molar-refractivity contribution in [3.8, 4) is 0 Å². The van der Waals surface area contributed by atoms with E-state index in [4.69, 9.17) is 4.74 Å². The van der Waals surface area contributed by atoms with Gasteiger partial charge in [0.1, 0.15) is 0 Å². The second-order valence-electron chi connectivity index (χ2n) is 6.06. The van der Waals surface area contributed by atoms with Crippen LogP contribution in [0.15, 0.2) is 0 Å². The first kappa shape index (κ1) is 12.4. The maximum absolute atomic E-state index is 11.6. The van der Waals surface area contributed by atoms with Crippen molar-refractivity contribution in [3.63, 3.8) is 0 Å². The summed E-state index contributed by atoms with van der Waals surface area (Å²) >= 11 is 0. The highest BCUT2D eigenvalue weighted by Crippen LogP contribution is 2.43. The van der Waals surface area contributed by atoms with Crippen LogP contribution in [0.3, 0.4) is 0 Å². The van der Waals surface area contributed by atoms with Crippen LogP contribution < -0.4 is 10.6 Å². The van der Waals surface area contributed by atoms with Crippen LogP contribution in [0, 0.1) is 0 Å². The van der Waals surface area contributed by atoms with Crippen LogP contribution in [0.2, 0.25) is 0 Å². The number of piperidine rings is 1. The number of amides is 1. The van der Waals surface area contributed by atoms with Gasteiger partial charge in [0.25, 0.3) is 0 Å². The summed E-state index contributed by atoms with van der Waals surface area (Å²) in [6.45, 7) is 1.67. The third-order valence-corrected chi connectivity index (χ3v) is 4.73. The zero-order valence-corrected chi connectivity index (χ0v) is 11.0. The molecule has 0 bridgehead atoms. The summed E-state index contributed by atoms with van der Waals surface area (Å²) in [6, 6.07) is 0.00229. The molecule has 18 heavy (non-hydrogen) atoms. The third-order valence-electron chi connectivity index (χ3n) is 4.73. The molecule has 4 nitrogen and oxygen atoms in total. The highest BCUT2D eigenvalue weighted by molar-refractivity contribution is 5.82. The molecular formula is C14H24N2O2. The van der Waals surface area contributed by atoms with Gasteiger partial charge in [-0.1, -0.05) is 12.8 Å². The SMILES string of the molecule is O=C1NCCCC1NCC1CCC2(CCCC2)O1. The Hall–Kier alpha value is -0.610. The summed E-state index contributed by atoms with van der Waals surface area (Å²) in [5.41, 5.74) is 0.209. The molecule has 4 heteroatoms. The van der Waals surface area contributed by atoms with E-state index in [2.05, 4.69) is 10.6 Å². The lowest BCUT2D eigenvalue weighted by Gasteiger charge is -2.26. The molecular weight excluding hydrogens is 228 g/mol. The number of carbonyl (C=O) groups excluding carboxylic acids is 1. The molecule has 1 aliphatic carbocycles. The highest BCUT2D eigenvalue weighted by Gasteiger charge is 2.42. The molecule has 102 valence electrons. The van der Waals surface area contributed by atoms with Gasteiger partial charge >= 0.3 is 0 Å². The lowest BCUT2D eigenvalue weighted by Crippen LogP contribution is -2.50. The molecule has 2 atom stereocenters. The Kier molecular flexibility index (Phi) is 3.57. The van der Waals surface area contributed by atoms with Crippen molar-refractivity contribution < 1.29 is 9.53 Å². The van der Waals surface area contributed by atoms with Crippen molar-refractivity contribution in [2.24, 2.45) is 0 Å². The Morgan fingerprint density at radius 1 is 1.22 bits per heavy atom. The van der Waals surface area contributed by atoms with Crippen LogP contribution in [0.1, 0.15) is 51.4 Å². The molecule has 2 aliphatic heterocycles. The Morgan fingerprint density at radius 2 is 2.06 bits per heavy atom. The molecule has 3 aliphatic rings. The Labute approximate surface area is 109 Å². The largest absolute Gasteiger partial charge is 0.370 e. The monoisotopic (exact) mass is 252 g/mol. The fourth-order valence-electron chi connectivity index (χ4n) is 3.67. The zero-order chi connectivity index (χ0) is 12.4. The van der Waals surface area contributed by atoms with Crippen LogP contribution in [-0.4, -0.2) is 36.7 Å². The predicted octanol–water partition coefficient (Wildman–Crippen LogP) is 1.35. The molecule has 1 saturated carbocycles. The minimum atomic E-state index is 0.00229. The van der Waals surface area contributed by atoms with E-state index < -0.39 is 0 Å². The fourth-order valence-corrected chi connectivity index (χ4v) is 3.67. The van der Waals surface area contributed by atoms with Crippen molar-refractivity contribution in [1.29, 1.82) is 0 Å². The van der Waals surface area contributed by atoms with E-state index in [1.165, 1.54) is 32.1 Å². The number of ether oxygens (including phenoxy) is 1. The second kappa shape index (κ2) is 5.17. The van der Waals surface area contributed by atoms with E-state index in [9.17, 15) is 4.79 Å². The van der Waals surface area contributed by atoms with Crippen molar-refractivity contribution >= 4 is 5.91 Å². The number of hydrogen-bond donors (Lipinski definition) is 2. The molecule has 0 aromatic carbocycles. The smallest absolute Gasteiger partial charge is 0.237 e. The molecule has 2 N–H and O–H groups in total. The van der Waals surface area contributed by atoms with Gasteiger partial charge in [-0.05, 0) is 38.5 Å². The molecule has 2 heterocycles. The van der Waals surface area contributed by atoms with Gasteiger partial charge in [-0.2, -0.15) is 0 Å². The van der Waals surface area contributed by atoms with Crippen LogP contribution in [0.25, 0.3) is 0 Å². The number of hydrogen-bond acceptors (Lipinski definition) is 3. The van der Waals surface area contributed by atoms with E-state index in [1.807, 2.05) is 0 Å². The number of carbonyl (C=O) groups is 1. The van der Waals surface area contributed by atoms with Crippen LogP contribution >= 0.6 is 0 Å². The van der Waals surface area contributed by atoms with Gasteiger partial charge < -0.3 is 15.4 Å². The summed E-state index contributed by atoms with van der Waals surface area (Å²) in [6.07, 6.45) is 9.87. The first-order chi connectivity index (χ1) is 8.77. The van der Waals surface area contributed by atoms with Crippen LogP contribution in [0.4, 0.5) is 0 Å². The lowest BCUT2D eigenvalue weighted by molar-refractivity contribution is -0.124. The Balaban J connectivity index is 1.45. The highest BCUT2D eigenvalue weighted by atomic mass is 16.5.